The number of nitrogens with one attached hydrogen (secondary N) is 1. The quantitative estimate of drug-likeness (QED) is 0.625. The molecule has 2 N–H and O–H groups in total. The van der Waals surface area contributed by atoms with Crippen molar-refractivity contribution in [3.05, 3.63) is 66.0 Å². The highest BCUT2D eigenvalue weighted by Gasteiger charge is 2.48. The molecule has 0 amide bonds. The molecule has 0 spiro atoms. The maximum atomic E-state index is 13.4. The van der Waals surface area contributed by atoms with Crippen LogP contribution in [0.1, 0.15) is 62.0 Å². The van der Waals surface area contributed by atoms with Crippen molar-refractivity contribution in [3.63, 3.8) is 0 Å². The van der Waals surface area contributed by atoms with Crippen LogP contribution in [0.4, 0.5) is 0 Å². The first kappa shape index (κ1) is 22.0. The number of ether oxygens (including phenoxy) is 1. The van der Waals surface area contributed by atoms with Crippen molar-refractivity contribution in [2.45, 2.75) is 56.5 Å². The molecule has 3 atom stereocenters. The fourth-order valence-corrected chi connectivity index (χ4v) is 5.31. The van der Waals surface area contributed by atoms with E-state index in [1.54, 1.807) is 12.4 Å². The van der Waals surface area contributed by atoms with Gasteiger partial charge in [0.15, 0.2) is 5.60 Å². The minimum atomic E-state index is -1.58. The Labute approximate surface area is 185 Å². The molecular weight excluding hydrogens is 388 g/mol. The number of esters is 1. The smallest absolute Gasteiger partial charge is 0.343 e. The molecule has 1 aromatic heterocycles. The fourth-order valence-electron chi connectivity index (χ4n) is 5.31. The number of piperidine rings is 1. The molecule has 0 bridgehead atoms. The zero-order valence-electron chi connectivity index (χ0n) is 18.2. The number of aromatic nitrogens is 1. The Morgan fingerprint density at radius 2 is 1.84 bits per heavy atom. The molecule has 31 heavy (non-hydrogen) atoms. The number of hydrogen-bond acceptors (Lipinski definition) is 5. The van der Waals surface area contributed by atoms with Crippen molar-refractivity contribution in [2.75, 3.05) is 19.7 Å². The molecule has 166 valence electrons. The van der Waals surface area contributed by atoms with E-state index in [0.717, 1.165) is 50.8 Å². The van der Waals surface area contributed by atoms with Gasteiger partial charge in [-0.15, -0.1) is 0 Å². The van der Waals surface area contributed by atoms with Crippen LogP contribution in [-0.2, 0) is 15.1 Å². The molecular formula is C26H34N2O3. The number of nitrogens with zero attached hydrogens (tertiary/aromatic N) is 1. The summed E-state index contributed by atoms with van der Waals surface area (Å²) in [5.74, 6) is 0.0599. The van der Waals surface area contributed by atoms with Crippen molar-refractivity contribution in [1.82, 2.24) is 10.3 Å². The van der Waals surface area contributed by atoms with Gasteiger partial charge < -0.3 is 15.2 Å². The highest BCUT2D eigenvalue weighted by molar-refractivity contribution is 5.81. The summed E-state index contributed by atoms with van der Waals surface area (Å²) < 4.78 is 5.90. The SMILES string of the molecule is O=C(OCC(C[C@H]1CCCNC1)c1ccncc1)C(O)(c1ccccc1)C1CCCC1. The van der Waals surface area contributed by atoms with Gasteiger partial charge in [0.25, 0.3) is 0 Å². The molecule has 2 aliphatic rings. The molecule has 2 aromatic rings. The van der Waals surface area contributed by atoms with E-state index in [0.29, 0.717) is 11.5 Å². The average molecular weight is 423 g/mol. The van der Waals surface area contributed by atoms with Crippen LogP contribution in [0.2, 0.25) is 0 Å². The zero-order valence-corrected chi connectivity index (χ0v) is 18.2. The Morgan fingerprint density at radius 1 is 1.10 bits per heavy atom. The van der Waals surface area contributed by atoms with Gasteiger partial charge in [-0.25, -0.2) is 4.79 Å². The van der Waals surface area contributed by atoms with Crippen LogP contribution in [0.5, 0.6) is 0 Å². The number of rotatable bonds is 8. The van der Waals surface area contributed by atoms with Gasteiger partial charge in [-0.05, 0) is 74.4 Å². The number of aliphatic hydroxyl groups is 1. The molecule has 1 aliphatic heterocycles. The Kier molecular flexibility index (Phi) is 7.36. The maximum Gasteiger partial charge on any atom is 0.343 e. The van der Waals surface area contributed by atoms with Crippen LogP contribution in [0.3, 0.4) is 0 Å². The molecule has 5 heteroatoms. The average Bonchev–Trinajstić information content (AvgIpc) is 3.38. The number of carbonyl (C=O) groups is 1. The third-order valence-electron chi connectivity index (χ3n) is 7.08. The molecule has 4 rings (SSSR count). The van der Waals surface area contributed by atoms with E-state index >= 15 is 0 Å². The minimum absolute atomic E-state index is 0.0932. The summed E-state index contributed by atoms with van der Waals surface area (Å²) in [5.41, 5.74) is 0.203. The minimum Gasteiger partial charge on any atom is -0.463 e. The number of carbonyl (C=O) groups excluding carboxylic acids is 1. The van der Waals surface area contributed by atoms with Gasteiger partial charge in [-0.3, -0.25) is 4.98 Å². The standard InChI is InChI=1S/C26H34N2O3/c29-25(26(30,24-10-4-5-11-24)23-8-2-1-3-9-23)31-19-22(21-12-15-27-16-13-21)17-20-7-6-14-28-18-20/h1-3,8-9,12-13,15-16,20,22,24,28,30H,4-7,10-11,14,17-19H2/t20-,22?,26?/m1/s1. The van der Waals surface area contributed by atoms with E-state index in [-0.39, 0.29) is 18.4 Å². The topological polar surface area (TPSA) is 71.5 Å². The zero-order chi connectivity index (χ0) is 21.5. The lowest BCUT2D eigenvalue weighted by molar-refractivity contribution is -0.174. The third-order valence-corrected chi connectivity index (χ3v) is 7.08. The summed E-state index contributed by atoms with van der Waals surface area (Å²) in [7, 11) is 0. The monoisotopic (exact) mass is 422 g/mol. The van der Waals surface area contributed by atoms with Crippen molar-refractivity contribution >= 4 is 5.97 Å². The van der Waals surface area contributed by atoms with Gasteiger partial charge in [-0.1, -0.05) is 43.2 Å². The summed E-state index contributed by atoms with van der Waals surface area (Å²) in [6.07, 6.45) is 10.7. The van der Waals surface area contributed by atoms with Crippen LogP contribution < -0.4 is 5.32 Å². The van der Waals surface area contributed by atoms with Crippen LogP contribution in [0.15, 0.2) is 54.9 Å². The van der Waals surface area contributed by atoms with Gasteiger partial charge in [0.05, 0.1) is 6.61 Å². The van der Waals surface area contributed by atoms with Gasteiger partial charge >= 0.3 is 5.97 Å². The van der Waals surface area contributed by atoms with E-state index in [1.165, 1.54) is 12.8 Å². The number of hydrogen-bond donors (Lipinski definition) is 2. The predicted octanol–water partition coefficient (Wildman–Crippen LogP) is 4.18. The second-order valence-electron chi connectivity index (χ2n) is 9.14. The normalized spacial score (nSPS) is 22.5. The summed E-state index contributed by atoms with van der Waals surface area (Å²) >= 11 is 0. The molecule has 0 radical (unpaired) electrons. The second kappa shape index (κ2) is 10.4. The maximum absolute atomic E-state index is 13.4. The van der Waals surface area contributed by atoms with E-state index in [1.807, 2.05) is 42.5 Å². The molecule has 5 nitrogen and oxygen atoms in total. The summed E-state index contributed by atoms with van der Waals surface area (Å²) in [6, 6.07) is 13.4. The first-order chi connectivity index (χ1) is 15.2. The molecule has 1 saturated heterocycles. The highest BCUT2D eigenvalue weighted by atomic mass is 16.5. The molecule has 1 aromatic carbocycles. The van der Waals surface area contributed by atoms with Crippen molar-refractivity contribution in [3.8, 4) is 0 Å². The number of benzene rings is 1. The Bertz CT molecular complexity index is 817. The van der Waals surface area contributed by atoms with Gasteiger partial charge in [0.2, 0.25) is 0 Å². The van der Waals surface area contributed by atoms with Crippen LogP contribution >= 0.6 is 0 Å². The van der Waals surface area contributed by atoms with E-state index in [4.69, 9.17) is 4.74 Å². The first-order valence-electron chi connectivity index (χ1n) is 11.7. The molecule has 1 saturated carbocycles. The Balaban J connectivity index is 1.51. The molecule has 2 fully saturated rings. The van der Waals surface area contributed by atoms with Gasteiger partial charge in [0.1, 0.15) is 0 Å². The largest absolute Gasteiger partial charge is 0.463 e. The fraction of sp³-hybridized carbons (Fsp3) is 0.538. The number of pyridine rings is 1. The Morgan fingerprint density at radius 3 is 2.52 bits per heavy atom. The van der Waals surface area contributed by atoms with Gasteiger partial charge in [0, 0.05) is 24.2 Å². The predicted molar refractivity (Wildman–Crippen MR) is 120 cm³/mol. The Hall–Kier alpha value is -2.24. The lowest BCUT2D eigenvalue weighted by Crippen LogP contribution is -2.44. The molecule has 2 unspecified atom stereocenters. The third kappa shape index (κ3) is 5.16. The lowest BCUT2D eigenvalue weighted by Gasteiger charge is -2.33. The first-order valence-corrected chi connectivity index (χ1v) is 11.7. The van der Waals surface area contributed by atoms with Gasteiger partial charge in [-0.2, -0.15) is 0 Å². The van der Waals surface area contributed by atoms with Crippen molar-refractivity contribution in [1.29, 1.82) is 0 Å². The molecule has 2 heterocycles. The van der Waals surface area contributed by atoms with Crippen LogP contribution in [-0.4, -0.2) is 35.8 Å². The summed E-state index contributed by atoms with van der Waals surface area (Å²) in [4.78, 5) is 17.5. The van der Waals surface area contributed by atoms with E-state index in [9.17, 15) is 9.90 Å². The summed E-state index contributed by atoms with van der Waals surface area (Å²) in [5, 5.41) is 15.1. The van der Waals surface area contributed by atoms with Crippen LogP contribution in [0.25, 0.3) is 0 Å². The lowest BCUT2D eigenvalue weighted by atomic mass is 9.80. The van der Waals surface area contributed by atoms with Crippen molar-refractivity contribution in [2.24, 2.45) is 11.8 Å². The van der Waals surface area contributed by atoms with E-state index in [2.05, 4.69) is 10.3 Å². The highest BCUT2D eigenvalue weighted by Crippen LogP contribution is 2.42. The summed E-state index contributed by atoms with van der Waals surface area (Å²) in [6.45, 7) is 2.36. The van der Waals surface area contributed by atoms with Crippen LogP contribution in [0, 0.1) is 11.8 Å². The second-order valence-corrected chi connectivity index (χ2v) is 9.14. The van der Waals surface area contributed by atoms with Crippen molar-refractivity contribution < 1.29 is 14.6 Å². The van der Waals surface area contributed by atoms with E-state index < -0.39 is 11.6 Å². The molecule has 1 aliphatic carbocycles.